The van der Waals surface area contributed by atoms with Crippen LogP contribution in [0.3, 0.4) is 0 Å². The van der Waals surface area contributed by atoms with Crippen molar-refractivity contribution in [2.45, 2.75) is 20.4 Å². The fraction of sp³-hybridized carbons (Fsp3) is 0.176. The number of anilines is 1. The summed E-state index contributed by atoms with van der Waals surface area (Å²) in [4.78, 5) is 12.9. The van der Waals surface area contributed by atoms with Gasteiger partial charge in [0.25, 0.3) is 5.91 Å². The van der Waals surface area contributed by atoms with E-state index in [0.29, 0.717) is 17.1 Å². The molecule has 23 heavy (non-hydrogen) atoms. The lowest BCUT2D eigenvalue weighted by Crippen LogP contribution is -2.12. The predicted molar refractivity (Wildman–Crippen MR) is 89.5 cm³/mol. The van der Waals surface area contributed by atoms with Gasteiger partial charge in [-0.1, -0.05) is 18.2 Å². The number of nitrogens with one attached hydrogen (secondary N) is 1. The minimum Gasteiger partial charge on any atom is -0.318 e. The topological polar surface area (TPSA) is 46.9 Å². The fourth-order valence-electron chi connectivity index (χ4n) is 2.42. The van der Waals surface area contributed by atoms with Crippen molar-refractivity contribution in [2.24, 2.45) is 0 Å². The maximum absolute atomic E-state index is 13.3. The number of benzene rings is 1. The molecule has 0 aliphatic heterocycles. The van der Waals surface area contributed by atoms with Gasteiger partial charge in [-0.25, -0.2) is 4.39 Å². The van der Waals surface area contributed by atoms with Crippen LogP contribution in [0.5, 0.6) is 0 Å². The average molecular weight is 329 g/mol. The van der Waals surface area contributed by atoms with Crippen molar-refractivity contribution in [3.63, 3.8) is 0 Å². The largest absolute Gasteiger partial charge is 0.318 e. The van der Waals surface area contributed by atoms with Crippen LogP contribution in [-0.4, -0.2) is 15.7 Å². The number of halogens is 1. The molecule has 3 aromatic rings. The number of aryl methyl sites for hydroxylation is 1. The molecular formula is C17H16FN3OS. The summed E-state index contributed by atoms with van der Waals surface area (Å²) in [6, 6.07) is 10.0. The van der Waals surface area contributed by atoms with Crippen LogP contribution in [0.2, 0.25) is 0 Å². The normalized spacial score (nSPS) is 10.7. The minimum absolute atomic E-state index is 0.142. The Morgan fingerprint density at radius 1 is 1.30 bits per heavy atom. The van der Waals surface area contributed by atoms with Gasteiger partial charge in [0.05, 0.1) is 28.5 Å². The van der Waals surface area contributed by atoms with Gasteiger partial charge in [0.15, 0.2) is 0 Å². The number of rotatable bonds is 4. The molecule has 0 saturated carbocycles. The second-order valence-electron chi connectivity index (χ2n) is 5.26. The summed E-state index contributed by atoms with van der Waals surface area (Å²) in [5, 5.41) is 9.23. The molecule has 0 atom stereocenters. The van der Waals surface area contributed by atoms with Crippen molar-refractivity contribution < 1.29 is 9.18 Å². The van der Waals surface area contributed by atoms with Crippen LogP contribution in [0.4, 0.5) is 10.1 Å². The summed E-state index contributed by atoms with van der Waals surface area (Å²) in [7, 11) is 0. The van der Waals surface area contributed by atoms with E-state index in [9.17, 15) is 9.18 Å². The van der Waals surface area contributed by atoms with Gasteiger partial charge in [-0.05, 0) is 43.0 Å². The first-order valence-corrected chi connectivity index (χ1v) is 8.06. The quantitative estimate of drug-likeness (QED) is 0.786. The third kappa shape index (κ3) is 3.32. The average Bonchev–Trinajstić information content (AvgIpc) is 3.12. The number of carbonyl (C=O) groups is 1. The van der Waals surface area contributed by atoms with Gasteiger partial charge in [0.2, 0.25) is 0 Å². The second kappa shape index (κ2) is 6.34. The van der Waals surface area contributed by atoms with Crippen molar-refractivity contribution >= 4 is 22.9 Å². The zero-order valence-corrected chi connectivity index (χ0v) is 13.7. The molecule has 118 valence electrons. The number of aromatic nitrogens is 2. The lowest BCUT2D eigenvalue weighted by Gasteiger charge is -2.07. The Morgan fingerprint density at radius 3 is 2.83 bits per heavy atom. The van der Waals surface area contributed by atoms with Gasteiger partial charge < -0.3 is 5.32 Å². The molecule has 0 spiro atoms. The number of amides is 1. The third-order valence-electron chi connectivity index (χ3n) is 3.59. The molecule has 0 aliphatic rings. The van der Waals surface area contributed by atoms with E-state index < -0.39 is 0 Å². The lowest BCUT2D eigenvalue weighted by atomic mass is 10.2. The highest BCUT2D eigenvalue weighted by atomic mass is 32.1. The first kappa shape index (κ1) is 15.4. The van der Waals surface area contributed by atoms with E-state index in [2.05, 4.69) is 10.4 Å². The standard InChI is InChI=1S/C17H16FN3OS/c1-11-16(19-17(22)15-7-4-8-23-15)12(2)21(20-11)10-13-5-3-6-14(18)9-13/h3-9H,10H2,1-2H3,(H,19,22). The molecule has 2 heterocycles. The molecule has 2 aromatic heterocycles. The second-order valence-corrected chi connectivity index (χ2v) is 6.21. The van der Waals surface area contributed by atoms with Crippen LogP contribution in [0.1, 0.15) is 26.6 Å². The van der Waals surface area contributed by atoms with Crippen LogP contribution in [-0.2, 0) is 6.54 Å². The van der Waals surface area contributed by atoms with Gasteiger partial charge in [0.1, 0.15) is 5.82 Å². The Kier molecular flexibility index (Phi) is 4.25. The van der Waals surface area contributed by atoms with Crippen molar-refractivity contribution in [1.82, 2.24) is 9.78 Å². The maximum atomic E-state index is 13.3. The summed E-state index contributed by atoms with van der Waals surface area (Å²) in [6.45, 7) is 4.20. The summed E-state index contributed by atoms with van der Waals surface area (Å²) in [5.41, 5.74) is 3.12. The Labute approximate surface area is 137 Å². The van der Waals surface area contributed by atoms with Crippen LogP contribution < -0.4 is 5.32 Å². The van der Waals surface area contributed by atoms with Crippen molar-refractivity contribution in [1.29, 1.82) is 0 Å². The zero-order chi connectivity index (χ0) is 16.4. The molecule has 1 amide bonds. The molecule has 6 heteroatoms. The lowest BCUT2D eigenvalue weighted by molar-refractivity contribution is 0.103. The molecule has 0 saturated heterocycles. The first-order chi connectivity index (χ1) is 11.0. The van der Waals surface area contributed by atoms with E-state index in [1.807, 2.05) is 31.4 Å². The Balaban J connectivity index is 1.83. The molecule has 0 radical (unpaired) electrons. The van der Waals surface area contributed by atoms with Gasteiger partial charge in [-0.2, -0.15) is 5.10 Å². The highest BCUT2D eigenvalue weighted by molar-refractivity contribution is 7.12. The smallest absolute Gasteiger partial charge is 0.265 e. The van der Waals surface area contributed by atoms with Crippen molar-refractivity contribution in [3.05, 3.63) is 69.4 Å². The van der Waals surface area contributed by atoms with E-state index in [1.165, 1.54) is 23.5 Å². The molecule has 1 aromatic carbocycles. The van der Waals surface area contributed by atoms with Gasteiger partial charge in [0, 0.05) is 0 Å². The number of nitrogens with zero attached hydrogens (tertiary/aromatic N) is 2. The molecule has 0 bridgehead atoms. The molecule has 0 aliphatic carbocycles. The van der Waals surface area contributed by atoms with Crippen molar-refractivity contribution in [2.75, 3.05) is 5.32 Å². The number of carbonyl (C=O) groups excluding carboxylic acids is 1. The van der Waals surface area contributed by atoms with E-state index in [1.54, 1.807) is 16.8 Å². The zero-order valence-electron chi connectivity index (χ0n) is 12.8. The molecular weight excluding hydrogens is 313 g/mol. The maximum Gasteiger partial charge on any atom is 0.265 e. The van der Waals surface area contributed by atoms with Crippen LogP contribution >= 0.6 is 11.3 Å². The highest BCUT2D eigenvalue weighted by Crippen LogP contribution is 2.22. The van der Waals surface area contributed by atoms with E-state index in [4.69, 9.17) is 0 Å². The van der Waals surface area contributed by atoms with Crippen molar-refractivity contribution in [3.8, 4) is 0 Å². The van der Waals surface area contributed by atoms with Gasteiger partial charge in [-0.15, -0.1) is 11.3 Å². The van der Waals surface area contributed by atoms with E-state index in [0.717, 1.165) is 17.0 Å². The first-order valence-electron chi connectivity index (χ1n) is 7.18. The van der Waals surface area contributed by atoms with Gasteiger partial charge in [-0.3, -0.25) is 9.48 Å². The monoisotopic (exact) mass is 329 g/mol. The predicted octanol–water partition coefficient (Wildman–Crippen LogP) is 4.00. The molecule has 1 N–H and O–H groups in total. The van der Waals surface area contributed by atoms with Crippen LogP contribution in [0.15, 0.2) is 41.8 Å². The molecule has 3 rings (SSSR count). The summed E-state index contributed by atoms with van der Waals surface area (Å²) >= 11 is 1.39. The highest BCUT2D eigenvalue weighted by Gasteiger charge is 2.16. The molecule has 4 nitrogen and oxygen atoms in total. The van der Waals surface area contributed by atoms with E-state index >= 15 is 0 Å². The Morgan fingerprint density at radius 2 is 2.13 bits per heavy atom. The Bertz CT molecular complexity index is 840. The summed E-state index contributed by atoms with van der Waals surface area (Å²) in [5.74, 6) is -0.410. The SMILES string of the molecule is Cc1nn(Cc2cccc(F)c2)c(C)c1NC(=O)c1cccs1. The summed E-state index contributed by atoms with van der Waals surface area (Å²) in [6.07, 6.45) is 0. The number of hydrogen-bond donors (Lipinski definition) is 1. The fourth-order valence-corrected chi connectivity index (χ4v) is 3.04. The Hall–Kier alpha value is -2.47. The van der Waals surface area contributed by atoms with Crippen LogP contribution in [0, 0.1) is 19.7 Å². The number of thiophene rings is 1. The third-order valence-corrected chi connectivity index (χ3v) is 4.45. The van der Waals surface area contributed by atoms with Crippen LogP contribution in [0.25, 0.3) is 0 Å². The minimum atomic E-state index is -0.268. The molecule has 0 unspecified atom stereocenters. The van der Waals surface area contributed by atoms with Gasteiger partial charge >= 0.3 is 0 Å². The van der Waals surface area contributed by atoms with E-state index in [-0.39, 0.29) is 11.7 Å². The summed E-state index contributed by atoms with van der Waals surface area (Å²) < 4.78 is 15.1. The number of hydrogen-bond acceptors (Lipinski definition) is 3. The molecule has 0 fully saturated rings.